The molecule has 0 saturated carbocycles. The molecule has 0 amide bonds. The van der Waals surface area contributed by atoms with Gasteiger partial charge >= 0.3 is 0 Å². The number of benzene rings is 12. The number of aromatic nitrogens is 7. The third-order valence-corrected chi connectivity index (χ3v) is 17.5. The van der Waals surface area contributed by atoms with Gasteiger partial charge < -0.3 is 4.57 Å². The second kappa shape index (κ2) is 19.3. The first-order valence-corrected chi connectivity index (χ1v) is 29.3. The van der Waals surface area contributed by atoms with Gasteiger partial charge in [0.25, 0.3) is 0 Å². The number of hydrogen-bond acceptors (Lipinski definition) is 3. The van der Waals surface area contributed by atoms with E-state index in [9.17, 15) is 5.26 Å². The number of fused-ring (bicyclic) bond motifs is 13. The Balaban J connectivity index is 1.07. The molecular weight excluding hydrogens is 1050 g/mol. The van der Waals surface area contributed by atoms with Crippen LogP contribution < -0.4 is 0 Å². The van der Waals surface area contributed by atoms with Gasteiger partial charge in [-0.25, -0.2) is 9.97 Å². The SMILES string of the molecule is CC(C)c1ccc2c(c1)c1ccccc1n2-c1c(-n2c3ccc(-c4ccccc4)cc3n3c4cc(-c5ccccc5)ccc4nc23)cc(-n2c3ccc(-c4ccccc4)cc3n3c4cc(-c5ccccc5)ccc4nc23)c(-c2ccccc2)c1C#N. The summed E-state index contributed by atoms with van der Waals surface area (Å²) >= 11 is 0. The summed E-state index contributed by atoms with van der Waals surface area (Å²) < 4.78 is 11.6. The Labute approximate surface area is 495 Å². The minimum absolute atomic E-state index is 0.300. The molecule has 0 N–H and O–H groups in total. The molecule has 0 aliphatic rings. The van der Waals surface area contributed by atoms with Gasteiger partial charge in [-0.3, -0.25) is 17.9 Å². The van der Waals surface area contributed by atoms with E-state index in [2.05, 4.69) is 309 Å². The van der Waals surface area contributed by atoms with Crippen LogP contribution in [0.5, 0.6) is 0 Å². The monoisotopic (exact) mass is 1100 g/mol. The van der Waals surface area contributed by atoms with Gasteiger partial charge in [0.05, 0.1) is 77.8 Å². The standard InChI is InChI=1S/C78H52N8/c1-49(2)55-34-39-66-61(42-55)60-30-18-19-31-65(60)82(66)76-62(48-79)75(54-28-16-7-17-29-54)73(83-67-40-35-58(52-24-12-5-13-25-52)45-71(67)85-69-43-56(50-20-8-3-9-21-50)32-37-63(69)80-77(83)85)47-74(76)84-68-41-36-59(53-26-14-6-15-27-53)46-72(68)86-70-44-57(51-22-10-4-11-23-51)33-38-64(70)81-78(84)86/h3-47,49H,1-2H3. The molecule has 5 heterocycles. The van der Waals surface area contributed by atoms with E-state index in [0.29, 0.717) is 17.3 Å². The van der Waals surface area contributed by atoms with Gasteiger partial charge in [0.15, 0.2) is 0 Å². The molecule has 8 heteroatoms. The van der Waals surface area contributed by atoms with Crippen LogP contribution in [0.3, 0.4) is 0 Å². The Kier molecular flexibility index (Phi) is 11.0. The number of nitrogens with zero attached hydrogens (tertiary/aromatic N) is 8. The summed E-state index contributed by atoms with van der Waals surface area (Å²) in [6.45, 7) is 4.49. The average Bonchev–Trinajstić information content (AvgIpc) is 1.54. The zero-order valence-electron chi connectivity index (χ0n) is 47.1. The smallest absolute Gasteiger partial charge is 0.220 e. The van der Waals surface area contributed by atoms with Gasteiger partial charge in [0.2, 0.25) is 11.6 Å². The summed E-state index contributed by atoms with van der Waals surface area (Å²) in [5.74, 6) is 1.74. The number of imidazole rings is 4. The molecule has 0 radical (unpaired) electrons. The lowest BCUT2D eigenvalue weighted by atomic mass is 9.94. The third-order valence-electron chi connectivity index (χ3n) is 17.5. The Bertz CT molecular complexity index is 5600. The average molecular weight is 1100 g/mol. The summed E-state index contributed by atoms with van der Waals surface area (Å²) in [5, 5.41) is 14.8. The van der Waals surface area contributed by atoms with Gasteiger partial charge in [-0.05, 0) is 134 Å². The molecule has 0 aliphatic heterocycles. The van der Waals surface area contributed by atoms with Crippen molar-refractivity contribution in [1.29, 1.82) is 5.26 Å². The van der Waals surface area contributed by atoms with Crippen molar-refractivity contribution in [3.05, 3.63) is 284 Å². The van der Waals surface area contributed by atoms with Crippen LogP contribution in [0.25, 0.3) is 150 Å². The van der Waals surface area contributed by atoms with E-state index in [1.807, 2.05) is 6.07 Å². The second-order valence-corrected chi connectivity index (χ2v) is 22.7. The summed E-state index contributed by atoms with van der Waals surface area (Å²) in [5.41, 5.74) is 24.0. The van der Waals surface area contributed by atoms with Gasteiger partial charge in [-0.2, -0.15) is 5.26 Å². The van der Waals surface area contributed by atoms with Crippen LogP contribution in [0.1, 0.15) is 30.9 Å². The highest BCUT2D eigenvalue weighted by molar-refractivity contribution is 6.11. The Morgan fingerprint density at radius 3 is 1.21 bits per heavy atom. The van der Waals surface area contributed by atoms with Crippen LogP contribution in [0.15, 0.2) is 273 Å². The van der Waals surface area contributed by atoms with Crippen LogP contribution in [-0.2, 0) is 0 Å². The highest BCUT2D eigenvalue weighted by atomic mass is 15.2. The van der Waals surface area contributed by atoms with Crippen molar-refractivity contribution in [2.75, 3.05) is 0 Å². The predicted octanol–water partition coefficient (Wildman–Crippen LogP) is 19.6. The van der Waals surface area contributed by atoms with Crippen molar-refractivity contribution in [3.8, 4) is 78.8 Å². The molecule has 17 rings (SSSR count). The Morgan fingerprint density at radius 2 is 0.733 bits per heavy atom. The topological polar surface area (TPSA) is 73.2 Å². The molecule has 0 saturated heterocycles. The largest absolute Gasteiger partial charge is 0.306 e. The molecule has 0 unspecified atom stereocenters. The molecular formula is C78H52N8. The highest BCUT2D eigenvalue weighted by Crippen LogP contribution is 2.47. The molecule has 8 nitrogen and oxygen atoms in total. The molecule has 404 valence electrons. The number of nitriles is 1. The van der Waals surface area contributed by atoms with E-state index in [1.165, 1.54) is 5.56 Å². The maximum Gasteiger partial charge on any atom is 0.220 e. The Hall–Kier alpha value is -11.5. The molecule has 86 heavy (non-hydrogen) atoms. The quantitative estimate of drug-likeness (QED) is 0.145. The third kappa shape index (κ3) is 7.48. The van der Waals surface area contributed by atoms with E-state index in [0.717, 1.165) is 144 Å². The molecule has 17 aromatic rings. The van der Waals surface area contributed by atoms with Crippen LogP contribution in [-0.4, -0.2) is 32.5 Å². The normalized spacial score (nSPS) is 11.9. The number of para-hydroxylation sites is 1. The molecule has 0 aliphatic carbocycles. The fourth-order valence-electron chi connectivity index (χ4n) is 13.4. The lowest BCUT2D eigenvalue weighted by Gasteiger charge is -2.23. The first kappa shape index (κ1) is 49.1. The van der Waals surface area contributed by atoms with Crippen molar-refractivity contribution >= 4 is 77.5 Å². The maximum absolute atomic E-state index is 12.6. The molecule has 12 aromatic carbocycles. The van der Waals surface area contributed by atoms with E-state index < -0.39 is 0 Å². The van der Waals surface area contributed by atoms with Crippen LogP contribution in [0, 0.1) is 11.3 Å². The zero-order chi connectivity index (χ0) is 57.1. The van der Waals surface area contributed by atoms with E-state index in [4.69, 9.17) is 9.97 Å². The van der Waals surface area contributed by atoms with E-state index >= 15 is 0 Å². The van der Waals surface area contributed by atoms with E-state index in [-0.39, 0.29) is 0 Å². The number of rotatable bonds is 9. The first-order valence-electron chi connectivity index (χ1n) is 29.3. The molecule has 0 fully saturated rings. The lowest BCUT2D eigenvalue weighted by Crippen LogP contribution is -2.11. The minimum atomic E-state index is 0.300. The van der Waals surface area contributed by atoms with Crippen molar-refractivity contribution in [3.63, 3.8) is 0 Å². The van der Waals surface area contributed by atoms with E-state index in [1.54, 1.807) is 0 Å². The summed E-state index contributed by atoms with van der Waals surface area (Å²) in [7, 11) is 0. The maximum atomic E-state index is 12.6. The molecule has 0 bridgehead atoms. The fraction of sp³-hybridized carbons (Fsp3) is 0.0385. The summed E-state index contributed by atoms with van der Waals surface area (Å²) in [6, 6.07) is 100. The van der Waals surface area contributed by atoms with Gasteiger partial charge in [-0.1, -0.05) is 214 Å². The number of hydrogen-bond donors (Lipinski definition) is 0. The van der Waals surface area contributed by atoms with Crippen molar-refractivity contribution in [1.82, 2.24) is 32.5 Å². The highest BCUT2D eigenvalue weighted by Gasteiger charge is 2.31. The Morgan fingerprint density at radius 1 is 0.326 bits per heavy atom. The van der Waals surface area contributed by atoms with Crippen LogP contribution in [0.4, 0.5) is 0 Å². The fourth-order valence-corrected chi connectivity index (χ4v) is 13.4. The molecule has 0 spiro atoms. The van der Waals surface area contributed by atoms with Crippen molar-refractivity contribution in [2.24, 2.45) is 0 Å². The summed E-state index contributed by atoms with van der Waals surface area (Å²) in [6.07, 6.45) is 0. The van der Waals surface area contributed by atoms with Gasteiger partial charge in [0, 0.05) is 16.3 Å². The zero-order valence-corrected chi connectivity index (χ0v) is 47.1. The van der Waals surface area contributed by atoms with Crippen LogP contribution in [0.2, 0.25) is 0 Å². The second-order valence-electron chi connectivity index (χ2n) is 22.7. The first-order chi connectivity index (χ1) is 42.5. The minimum Gasteiger partial charge on any atom is -0.306 e. The summed E-state index contributed by atoms with van der Waals surface area (Å²) in [4.78, 5) is 11.3. The predicted molar refractivity (Wildman–Crippen MR) is 353 cm³/mol. The lowest BCUT2D eigenvalue weighted by molar-refractivity contribution is 0.868. The molecule has 5 aromatic heterocycles. The molecule has 0 atom stereocenters. The van der Waals surface area contributed by atoms with Gasteiger partial charge in [-0.15, -0.1) is 0 Å². The van der Waals surface area contributed by atoms with Crippen LogP contribution >= 0.6 is 0 Å². The van der Waals surface area contributed by atoms with Gasteiger partial charge in [0.1, 0.15) is 6.07 Å². The van der Waals surface area contributed by atoms with Crippen molar-refractivity contribution in [2.45, 2.75) is 19.8 Å². The van der Waals surface area contributed by atoms with Crippen molar-refractivity contribution < 1.29 is 0 Å².